The lowest BCUT2D eigenvalue weighted by atomic mass is 10.2. The molecule has 0 aliphatic rings. The van der Waals surface area contributed by atoms with Gasteiger partial charge in [0, 0.05) is 17.8 Å². The molecule has 0 spiro atoms. The highest BCUT2D eigenvalue weighted by Gasteiger charge is 2.03. The van der Waals surface area contributed by atoms with Crippen LogP contribution in [0.1, 0.15) is 20.3 Å². The van der Waals surface area contributed by atoms with Crippen LogP contribution in [-0.4, -0.2) is 23.1 Å². The largest absolute Gasteiger partial charge is 0.497 e. The van der Waals surface area contributed by atoms with Crippen LogP contribution < -0.4 is 15.4 Å². The summed E-state index contributed by atoms with van der Waals surface area (Å²) in [5, 5.41) is 6.57. The van der Waals surface area contributed by atoms with Gasteiger partial charge in [-0.3, -0.25) is 0 Å². The maximum atomic E-state index is 5.13. The Labute approximate surface area is 119 Å². The molecule has 1 atom stereocenters. The van der Waals surface area contributed by atoms with E-state index in [0.29, 0.717) is 6.04 Å². The first kappa shape index (κ1) is 14.1. The van der Waals surface area contributed by atoms with Crippen LogP contribution in [0.4, 0.5) is 17.3 Å². The highest BCUT2D eigenvalue weighted by atomic mass is 16.5. The number of nitrogens with one attached hydrogen (secondary N) is 2. The molecule has 5 nitrogen and oxygen atoms in total. The molecule has 20 heavy (non-hydrogen) atoms. The summed E-state index contributed by atoms with van der Waals surface area (Å²) < 4.78 is 5.13. The Hall–Kier alpha value is -2.30. The summed E-state index contributed by atoms with van der Waals surface area (Å²) in [6.07, 6.45) is 2.60. The molecular formula is C15H20N4O. The van der Waals surface area contributed by atoms with E-state index in [4.69, 9.17) is 4.74 Å². The summed E-state index contributed by atoms with van der Waals surface area (Å²) in [6.45, 7) is 4.26. The van der Waals surface area contributed by atoms with Gasteiger partial charge in [0.1, 0.15) is 23.7 Å². The van der Waals surface area contributed by atoms with E-state index >= 15 is 0 Å². The molecule has 0 saturated carbocycles. The van der Waals surface area contributed by atoms with Crippen LogP contribution in [0, 0.1) is 0 Å². The molecule has 0 aliphatic carbocycles. The van der Waals surface area contributed by atoms with Crippen molar-refractivity contribution in [1.82, 2.24) is 9.97 Å². The average molecular weight is 272 g/mol. The van der Waals surface area contributed by atoms with Gasteiger partial charge < -0.3 is 15.4 Å². The van der Waals surface area contributed by atoms with E-state index in [-0.39, 0.29) is 0 Å². The number of anilines is 3. The number of methoxy groups -OCH3 is 1. The van der Waals surface area contributed by atoms with Gasteiger partial charge in [-0.2, -0.15) is 0 Å². The summed E-state index contributed by atoms with van der Waals surface area (Å²) in [5.41, 5.74) is 0.957. The van der Waals surface area contributed by atoms with Crippen molar-refractivity contribution in [2.24, 2.45) is 0 Å². The predicted molar refractivity (Wildman–Crippen MR) is 81.7 cm³/mol. The third kappa shape index (κ3) is 3.85. The summed E-state index contributed by atoms with van der Waals surface area (Å²) in [7, 11) is 1.65. The lowest BCUT2D eigenvalue weighted by molar-refractivity contribution is 0.415. The molecule has 1 heterocycles. The van der Waals surface area contributed by atoms with Crippen LogP contribution in [0.5, 0.6) is 5.75 Å². The minimum atomic E-state index is 0.388. The highest BCUT2D eigenvalue weighted by molar-refractivity contribution is 5.59. The molecule has 0 radical (unpaired) electrons. The van der Waals surface area contributed by atoms with E-state index in [1.54, 1.807) is 13.4 Å². The smallest absolute Gasteiger partial charge is 0.135 e. The van der Waals surface area contributed by atoms with Crippen LogP contribution in [0.2, 0.25) is 0 Å². The van der Waals surface area contributed by atoms with Gasteiger partial charge in [0.15, 0.2) is 0 Å². The molecule has 2 N–H and O–H groups in total. The third-order valence-corrected chi connectivity index (χ3v) is 3.04. The Bertz CT molecular complexity index is 542. The zero-order valence-electron chi connectivity index (χ0n) is 12.1. The Morgan fingerprint density at radius 1 is 1.15 bits per heavy atom. The fourth-order valence-corrected chi connectivity index (χ4v) is 1.68. The van der Waals surface area contributed by atoms with Crippen molar-refractivity contribution in [2.75, 3.05) is 17.7 Å². The van der Waals surface area contributed by atoms with Gasteiger partial charge in [0.2, 0.25) is 0 Å². The quantitative estimate of drug-likeness (QED) is 0.843. The van der Waals surface area contributed by atoms with E-state index in [2.05, 4.69) is 34.4 Å². The highest BCUT2D eigenvalue weighted by Crippen LogP contribution is 2.19. The fourth-order valence-electron chi connectivity index (χ4n) is 1.68. The standard InChI is InChI=1S/C15H20N4O/c1-4-11(2)18-14-9-15(17-10-16-14)19-12-5-7-13(20-3)8-6-12/h5-11H,4H2,1-3H3,(H2,16,17,18,19)/t11-/m0/s1. The number of aromatic nitrogens is 2. The van der Waals surface area contributed by atoms with E-state index in [1.807, 2.05) is 30.3 Å². The zero-order valence-corrected chi connectivity index (χ0v) is 12.1. The van der Waals surface area contributed by atoms with E-state index < -0.39 is 0 Å². The molecule has 0 aliphatic heterocycles. The first-order valence-corrected chi connectivity index (χ1v) is 6.71. The Kier molecular flexibility index (Phi) is 4.76. The van der Waals surface area contributed by atoms with E-state index in [1.165, 1.54) is 0 Å². The molecule has 1 aromatic heterocycles. The summed E-state index contributed by atoms with van der Waals surface area (Å²) in [6, 6.07) is 9.99. The second-order valence-electron chi connectivity index (χ2n) is 4.60. The lowest BCUT2D eigenvalue weighted by Crippen LogP contribution is -2.14. The van der Waals surface area contributed by atoms with Crippen molar-refractivity contribution < 1.29 is 4.74 Å². The van der Waals surface area contributed by atoms with Crippen LogP contribution in [-0.2, 0) is 0 Å². The first-order valence-electron chi connectivity index (χ1n) is 6.71. The molecular weight excluding hydrogens is 252 g/mol. The Morgan fingerprint density at radius 3 is 2.50 bits per heavy atom. The normalized spacial score (nSPS) is 11.8. The topological polar surface area (TPSA) is 59.1 Å². The van der Waals surface area contributed by atoms with Gasteiger partial charge in [0.05, 0.1) is 7.11 Å². The SMILES string of the molecule is CC[C@H](C)Nc1cc(Nc2ccc(OC)cc2)ncn1. The van der Waals surface area contributed by atoms with Crippen LogP contribution in [0.25, 0.3) is 0 Å². The second-order valence-corrected chi connectivity index (χ2v) is 4.60. The minimum Gasteiger partial charge on any atom is -0.497 e. The maximum Gasteiger partial charge on any atom is 0.135 e. The zero-order chi connectivity index (χ0) is 14.4. The van der Waals surface area contributed by atoms with Crippen molar-refractivity contribution in [3.05, 3.63) is 36.7 Å². The lowest BCUT2D eigenvalue weighted by Gasteiger charge is -2.13. The van der Waals surface area contributed by atoms with Gasteiger partial charge >= 0.3 is 0 Å². The van der Waals surface area contributed by atoms with Gasteiger partial charge in [-0.15, -0.1) is 0 Å². The molecule has 5 heteroatoms. The number of ether oxygens (including phenoxy) is 1. The average Bonchev–Trinajstić information content (AvgIpc) is 2.48. The molecule has 106 valence electrons. The number of hydrogen-bond donors (Lipinski definition) is 2. The van der Waals surface area contributed by atoms with Crippen molar-refractivity contribution in [1.29, 1.82) is 0 Å². The molecule has 2 rings (SSSR count). The number of nitrogens with zero attached hydrogens (tertiary/aromatic N) is 2. The van der Waals surface area contributed by atoms with Gasteiger partial charge in [0.25, 0.3) is 0 Å². The Morgan fingerprint density at radius 2 is 1.85 bits per heavy atom. The number of hydrogen-bond acceptors (Lipinski definition) is 5. The second kappa shape index (κ2) is 6.75. The number of rotatable bonds is 6. The third-order valence-electron chi connectivity index (χ3n) is 3.04. The first-order chi connectivity index (χ1) is 9.71. The molecule has 0 saturated heterocycles. The number of benzene rings is 1. The van der Waals surface area contributed by atoms with Crippen molar-refractivity contribution >= 4 is 17.3 Å². The molecule has 0 amide bonds. The molecule has 1 aromatic carbocycles. The van der Waals surface area contributed by atoms with Crippen LogP contribution in [0.15, 0.2) is 36.7 Å². The van der Waals surface area contributed by atoms with Gasteiger partial charge in [-0.05, 0) is 37.6 Å². The maximum absolute atomic E-state index is 5.13. The van der Waals surface area contributed by atoms with Crippen LogP contribution >= 0.6 is 0 Å². The molecule has 0 unspecified atom stereocenters. The molecule has 0 fully saturated rings. The van der Waals surface area contributed by atoms with E-state index in [0.717, 1.165) is 29.5 Å². The summed E-state index contributed by atoms with van der Waals surface area (Å²) in [5.74, 6) is 2.42. The molecule has 2 aromatic rings. The monoisotopic (exact) mass is 272 g/mol. The summed E-state index contributed by atoms with van der Waals surface area (Å²) in [4.78, 5) is 8.43. The minimum absolute atomic E-state index is 0.388. The van der Waals surface area contributed by atoms with Crippen molar-refractivity contribution in [3.63, 3.8) is 0 Å². The van der Waals surface area contributed by atoms with E-state index in [9.17, 15) is 0 Å². The molecule has 0 bridgehead atoms. The van der Waals surface area contributed by atoms with Crippen molar-refractivity contribution in [3.8, 4) is 5.75 Å². The summed E-state index contributed by atoms with van der Waals surface area (Å²) >= 11 is 0. The van der Waals surface area contributed by atoms with Crippen molar-refractivity contribution in [2.45, 2.75) is 26.3 Å². The fraction of sp³-hybridized carbons (Fsp3) is 0.333. The Balaban J connectivity index is 2.06. The van der Waals surface area contributed by atoms with Gasteiger partial charge in [-0.25, -0.2) is 9.97 Å². The van der Waals surface area contributed by atoms with Gasteiger partial charge in [-0.1, -0.05) is 6.92 Å². The predicted octanol–water partition coefficient (Wildman–Crippen LogP) is 3.44. The van der Waals surface area contributed by atoms with Crippen LogP contribution in [0.3, 0.4) is 0 Å².